The van der Waals surface area contributed by atoms with Gasteiger partial charge in [0, 0.05) is 12.2 Å². The van der Waals surface area contributed by atoms with Gasteiger partial charge in [0.1, 0.15) is 6.33 Å². The molecule has 1 fully saturated rings. The summed E-state index contributed by atoms with van der Waals surface area (Å²) in [6.45, 7) is 1.48. The maximum Gasteiger partial charge on any atom is 0.239 e. The minimum Gasteiger partial charge on any atom is -0.339 e. The molecule has 2 aromatic heterocycles. The quantitative estimate of drug-likeness (QED) is 0.383. The minimum absolute atomic E-state index is 0.00733. The van der Waals surface area contributed by atoms with E-state index in [1.165, 1.54) is 10.7 Å². The Morgan fingerprint density at radius 1 is 1.14 bits per heavy atom. The Kier molecular flexibility index (Phi) is 6.09. The summed E-state index contributed by atoms with van der Waals surface area (Å²) >= 11 is 1.58. The van der Waals surface area contributed by atoms with Gasteiger partial charge in [0.15, 0.2) is 5.82 Å². The fraction of sp³-hybridized carbons (Fsp3) is 0.259. The van der Waals surface area contributed by atoms with E-state index in [9.17, 15) is 8.42 Å². The summed E-state index contributed by atoms with van der Waals surface area (Å²) in [7, 11) is -3.46. The molecule has 1 saturated heterocycles. The molecule has 0 unspecified atom stereocenters. The average molecular weight is 516 g/mol. The molecule has 36 heavy (non-hydrogen) atoms. The van der Waals surface area contributed by atoms with Crippen molar-refractivity contribution in [3.05, 3.63) is 76.9 Å². The molecule has 0 bridgehead atoms. The van der Waals surface area contributed by atoms with Crippen LogP contribution in [0.2, 0.25) is 0 Å². The standard InChI is InChI=1S/C27H25N5O2S2/c33-36(34,17-19-5-2-1-3-6-19)32-14-12-20-15-22(9-11-25(20)32)31-27-26-24(29-18-30-27)16-23(35-26)10-8-21-7-4-13-28-21/h1-3,5-6,9,11,15-16,18,21,28H,4,7,12-14,17H2,(H,29,30,31)/t21-/m1/s1. The van der Waals surface area contributed by atoms with Crippen molar-refractivity contribution < 1.29 is 8.42 Å². The Labute approximate surface area is 214 Å². The molecule has 0 amide bonds. The van der Waals surface area contributed by atoms with Crippen LogP contribution in [-0.4, -0.2) is 37.5 Å². The Hall–Kier alpha value is -3.45. The minimum atomic E-state index is -3.46. The van der Waals surface area contributed by atoms with Crippen molar-refractivity contribution in [3.8, 4) is 11.8 Å². The number of nitrogens with zero attached hydrogens (tertiary/aromatic N) is 3. The average Bonchev–Trinajstić information content (AvgIpc) is 3.62. The number of fused-ring (bicyclic) bond motifs is 2. The number of anilines is 3. The second-order valence-corrected chi connectivity index (χ2v) is 11.9. The van der Waals surface area contributed by atoms with Crippen LogP contribution in [0.25, 0.3) is 10.2 Å². The SMILES string of the molecule is O=S(=O)(Cc1ccccc1)N1CCc2cc(Nc3ncnc4cc(C#C[C@H]5CCCN5)sc34)ccc21. The van der Waals surface area contributed by atoms with Crippen molar-refractivity contribution in [2.75, 3.05) is 22.7 Å². The first-order valence-electron chi connectivity index (χ1n) is 12.0. The molecular formula is C27H25N5O2S2. The molecule has 2 aliphatic rings. The summed E-state index contributed by atoms with van der Waals surface area (Å²) in [5, 5.41) is 6.81. The van der Waals surface area contributed by atoms with Gasteiger partial charge in [-0.1, -0.05) is 42.2 Å². The second-order valence-electron chi connectivity index (χ2n) is 9.00. The Morgan fingerprint density at radius 2 is 2.03 bits per heavy atom. The van der Waals surface area contributed by atoms with Crippen molar-refractivity contribution in [3.63, 3.8) is 0 Å². The molecule has 0 aliphatic carbocycles. The lowest BCUT2D eigenvalue weighted by atomic mass is 10.1. The first-order chi connectivity index (χ1) is 17.5. The molecular weight excluding hydrogens is 490 g/mol. The highest BCUT2D eigenvalue weighted by atomic mass is 32.2. The lowest BCUT2D eigenvalue weighted by molar-refractivity contribution is 0.591. The summed E-state index contributed by atoms with van der Waals surface area (Å²) in [6.07, 6.45) is 4.49. The van der Waals surface area contributed by atoms with E-state index in [1.807, 2.05) is 54.6 Å². The van der Waals surface area contributed by atoms with Crippen molar-refractivity contribution in [1.29, 1.82) is 0 Å². The summed E-state index contributed by atoms with van der Waals surface area (Å²) in [6, 6.07) is 17.4. The van der Waals surface area contributed by atoms with Crippen molar-refractivity contribution >= 4 is 48.8 Å². The second kappa shape index (κ2) is 9.54. The Bertz CT molecular complexity index is 1580. The van der Waals surface area contributed by atoms with E-state index in [4.69, 9.17) is 0 Å². The monoisotopic (exact) mass is 515 g/mol. The molecule has 0 spiro atoms. The maximum atomic E-state index is 13.1. The van der Waals surface area contributed by atoms with Gasteiger partial charge < -0.3 is 10.6 Å². The Morgan fingerprint density at radius 3 is 2.86 bits per heavy atom. The summed E-state index contributed by atoms with van der Waals surface area (Å²) in [5.41, 5.74) is 4.27. The third-order valence-corrected chi connectivity index (χ3v) is 9.26. The molecule has 6 rings (SSSR count). The van der Waals surface area contributed by atoms with Crippen LogP contribution in [0.4, 0.5) is 17.2 Å². The number of thiophene rings is 1. The largest absolute Gasteiger partial charge is 0.339 e. The number of rotatable bonds is 5. The number of aromatic nitrogens is 2. The maximum absolute atomic E-state index is 13.1. The topological polar surface area (TPSA) is 87.2 Å². The van der Waals surface area contributed by atoms with E-state index in [0.29, 0.717) is 13.0 Å². The number of sulfonamides is 1. The molecule has 2 aliphatic heterocycles. The van der Waals surface area contributed by atoms with E-state index in [1.54, 1.807) is 17.7 Å². The zero-order chi connectivity index (χ0) is 24.5. The smallest absolute Gasteiger partial charge is 0.239 e. The number of hydrogen-bond acceptors (Lipinski definition) is 7. The van der Waals surface area contributed by atoms with Gasteiger partial charge >= 0.3 is 0 Å². The fourth-order valence-electron chi connectivity index (χ4n) is 4.71. The molecule has 4 aromatic rings. The molecule has 0 radical (unpaired) electrons. The summed E-state index contributed by atoms with van der Waals surface area (Å²) in [5.74, 6) is 7.32. The zero-order valence-electron chi connectivity index (χ0n) is 19.6. The van der Waals surface area contributed by atoms with Crippen LogP contribution in [0, 0.1) is 11.8 Å². The van der Waals surface area contributed by atoms with Crippen LogP contribution in [-0.2, 0) is 22.2 Å². The van der Waals surface area contributed by atoms with Crippen LogP contribution in [0.1, 0.15) is 28.8 Å². The predicted octanol–water partition coefficient (Wildman–Crippen LogP) is 4.43. The molecule has 0 saturated carbocycles. The van der Waals surface area contributed by atoms with Crippen LogP contribution in [0.3, 0.4) is 0 Å². The van der Waals surface area contributed by atoms with Gasteiger partial charge in [-0.25, -0.2) is 18.4 Å². The Balaban J connectivity index is 1.22. The molecule has 182 valence electrons. The molecule has 2 aromatic carbocycles. The van der Waals surface area contributed by atoms with Crippen molar-refractivity contribution in [1.82, 2.24) is 15.3 Å². The number of hydrogen-bond donors (Lipinski definition) is 2. The van der Waals surface area contributed by atoms with Gasteiger partial charge in [0.05, 0.1) is 32.6 Å². The van der Waals surface area contributed by atoms with Gasteiger partial charge in [-0.15, -0.1) is 11.3 Å². The molecule has 7 nitrogen and oxygen atoms in total. The van der Waals surface area contributed by atoms with Gasteiger partial charge in [-0.05, 0) is 61.2 Å². The molecule has 2 N–H and O–H groups in total. The van der Waals surface area contributed by atoms with Crippen LogP contribution < -0.4 is 14.9 Å². The van der Waals surface area contributed by atoms with Crippen LogP contribution >= 0.6 is 11.3 Å². The predicted molar refractivity (Wildman–Crippen MR) is 145 cm³/mol. The highest BCUT2D eigenvalue weighted by Gasteiger charge is 2.29. The van der Waals surface area contributed by atoms with Gasteiger partial charge in [-0.3, -0.25) is 4.31 Å². The zero-order valence-corrected chi connectivity index (χ0v) is 21.2. The first-order valence-corrected chi connectivity index (χ1v) is 14.4. The summed E-state index contributed by atoms with van der Waals surface area (Å²) < 4.78 is 28.7. The van der Waals surface area contributed by atoms with Crippen molar-refractivity contribution in [2.24, 2.45) is 0 Å². The number of benzene rings is 2. The van der Waals surface area contributed by atoms with E-state index in [-0.39, 0.29) is 11.8 Å². The molecule has 1 atom stereocenters. The number of nitrogens with one attached hydrogen (secondary N) is 2. The summed E-state index contributed by atoms with van der Waals surface area (Å²) in [4.78, 5) is 9.85. The lowest BCUT2D eigenvalue weighted by Crippen LogP contribution is -2.30. The normalized spacial score (nSPS) is 17.1. The van der Waals surface area contributed by atoms with E-state index in [0.717, 1.165) is 56.4 Å². The van der Waals surface area contributed by atoms with Gasteiger partial charge in [0.2, 0.25) is 10.0 Å². The third-order valence-electron chi connectivity index (χ3n) is 6.46. The van der Waals surface area contributed by atoms with E-state index < -0.39 is 10.0 Å². The van der Waals surface area contributed by atoms with E-state index >= 15 is 0 Å². The van der Waals surface area contributed by atoms with Gasteiger partial charge in [-0.2, -0.15) is 0 Å². The van der Waals surface area contributed by atoms with Gasteiger partial charge in [0.25, 0.3) is 0 Å². The van der Waals surface area contributed by atoms with Crippen LogP contribution in [0.5, 0.6) is 0 Å². The van der Waals surface area contributed by atoms with Crippen LogP contribution in [0.15, 0.2) is 60.9 Å². The fourth-order valence-corrected chi connectivity index (χ4v) is 7.24. The highest BCUT2D eigenvalue weighted by molar-refractivity contribution is 7.92. The van der Waals surface area contributed by atoms with E-state index in [2.05, 4.69) is 32.4 Å². The lowest BCUT2D eigenvalue weighted by Gasteiger charge is -2.20. The molecule has 9 heteroatoms. The first kappa shape index (κ1) is 23.0. The third kappa shape index (κ3) is 4.67. The molecule has 4 heterocycles. The highest BCUT2D eigenvalue weighted by Crippen LogP contribution is 2.36. The van der Waals surface area contributed by atoms with Crippen molar-refractivity contribution in [2.45, 2.75) is 31.1 Å².